The number of carboxylic acids is 1. The first-order chi connectivity index (χ1) is 8.49. The van der Waals surface area contributed by atoms with Crippen molar-refractivity contribution in [3.63, 3.8) is 0 Å². The Kier molecular flexibility index (Phi) is 3.93. The highest BCUT2D eigenvalue weighted by molar-refractivity contribution is 8.22. The number of thioether (sulfide) groups is 2. The lowest BCUT2D eigenvalue weighted by Crippen LogP contribution is -2.60. The van der Waals surface area contributed by atoms with E-state index in [4.69, 9.17) is 0 Å². The number of β-lactam (4-membered cyclic amide) rings is 1. The fourth-order valence-corrected chi connectivity index (χ4v) is 4.90. The highest BCUT2D eigenvalue weighted by atomic mass is 32.2. The predicted molar refractivity (Wildman–Crippen MR) is 70.8 cm³/mol. The lowest BCUT2D eigenvalue weighted by atomic mass is 9.92. The lowest BCUT2D eigenvalue weighted by Gasteiger charge is -2.43. The number of carbonyl (C=O) groups is 2. The second-order valence-corrected chi connectivity index (χ2v) is 6.76. The molecule has 2 rings (SSSR count). The molecule has 1 amide bonds. The zero-order valence-corrected chi connectivity index (χ0v) is 11.8. The third-order valence-electron chi connectivity index (χ3n) is 2.91. The average molecular weight is 289 g/mol. The maximum Gasteiger partial charge on any atom is 0.354 e. The number of hydrogen-bond acceptors (Lipinski definition) is 5. The van der Waals surface area contributed by atoms with E-state index in [1.54, 1.807) is 6.92 Å². The van der Waals surface area contributed by atoms with Gasteiger partial charge in [0.15, 0.2) is 5.70 Å². The van der Waals surface area contributed by atoms with E-state index < -0.39 is 18.0 Å². The molecule has 0 radical (unpaired) electrons. The van der Waals surface area contributed by atoms with E-state index in [1.165, 1.54) is 28.4 Å². The van der Waals surface area contributed by atoms with E-state index in [2.05, 4.69) is 0 Å². The Balaban J connectivity index is 2.21. The smallest absolute Gasteiger partial charge is 0.354 e. The van der Waals surface area contributed by atoms with Crippen LogP contribution in [0.3, 0.4) is 0 Å². The number of aliphatic hydroxyl groups excluding tert-OH is 1. The molecule has 0 aromatic heterocycles. The number of carboxylic acid groups (broad SMARTS) is 1. The summed E-state index contributed by atoms with van der Waals surface area (Å²) >= 11 is 2.85. The van der Waals surface area contributed by atoms with Gasteiger partial charge in [-0.2, -0.15) is 0 Å². The summed E-state index contributed by atoms with van der Waals surface area (Å²) in [5.41, 5.74) is 0.0883. The molecule has 5 nitrogen and oxygen atoms in total. The van der Waals surface area contributed by atoms with Crippen molar-refractivity contribution < 1.29 is 19.8 Å². The highest BCUT2D eigenvalue weighted by Gasteiger charge is 2.57. The average Bonchev–Trinajstić information content (AvgIpc) is 2.60. The second kappa shape index (κ2) is 5.14. The number of rotatable bonds is 5. The SMILES string of the molecule is CCCSC1=C(C(=O)O)N2C(=O)[C@@H]([C@H](C)O)[C@H]2S1. The number of aliphatic hydroxyl groups is 1. The van der Waals surface area contributed by atoms with Gasteiger partial charge in [0.1, 0.15) is 5.37 Å². The molecule has 7 heteroatoms. The van der Waals surface area contributed by atoms with E-state index in [9.17, 15) is 19.8 Å². The zero-order valence-electron chi connectivity index (χ0n) is 10.1. The minimum atomic E-state index is -1.07. The van der Waals surface area contributed by atoms with Crippen LogP contribution in [-0.2, 0) is 9.59 Å². The molecule has 0 spiro atoms. The summed E-state index contributed by atoms with van der Waals surface area (Å²) in [6.07, 6.45) is 0.205. The van der Waals surface area contributed by atoms with Gasteiger partial charge in [-0.15, -0.1) is 11.8 Å². The van der Waals surface area contributed by atoms with Crippen LogP contribution in [0, 0.1) is 5.92 Å². The molecule has 0 aliphatic carbocycles. The van der Waals surface area contributed by atoms with Gasteiger partial charge in [-0.25, -0.2) is 4.79 Å². The van der Waals surface area contributed by atoms with Gasteiger partial charge in [-0.1, -0.05) is 18.7 Å². The Morgan fingerprint density at radius 3 is 2.78 bits per heavy atom. The van der Waals surface area contributed by atoms with Crippen molar-refractivity contribution in [3.8, 4) is 0 Å². The molecule has 100 valence electrons. The summed E-state index contributed by atoms with van der Waals surface area (Å²) in [4.78, 5) is 24.4. The molecule has 2 aliphatic heterocycles. The summed E-state index contributed by atoms with van der Waals surface area (Å²) in [5.74, 6) is -1.01. The molecule has 2 N–H and O–H groups in total. The maximum absolute atomic E-state index is 11.9. The number of amides is 1. The monoisotopic (exact) mass is 289 g/mol. The number of nitrogens with zero attached hydrogens (tertiary/aromatic N) is 1. The molecule has 2 aliphatic rings. The van der Waals surface area contributed by atoms with Gasteiger partial charge in [0.2, 0.25) is 5.91 Å². The fourth-order valence-electron chi connectivity index (χ4n) is 2.05. The summed E-state index contributed by atoms with van der Waals surface area (Å²) in [6.45, 7) is 3.59. The first kappa shape index (κ1) is 13.8. The Morgan fingerprint density at radius 2 is 2.28 bits per heavy atom. The van der Waals surface area contributed by atoms with Crippen molar-refractivity contribution in [1.29, 1.82) is 0 Å². The quantitative estimate of drug-likeness (QED) is 0.743. The highest BCUT2D eigenvalue weighted by Crippen LogP contribution is 2.53. The minimum absolute atomic E-state index is 0.0883. The Hall–Kier alpha value is -0.660. The molecule has 1 fully saturated rings. The van der Waals surface area contributed by atoms with Crippen LogP contribution in [0.15, 0.2) is 9.93 Å². The summed E-state index contributed by atoms with van der Waals surface area (Å²) < 4.78 is 0.686. The maximum atomic E-state index is 11.9. The van der Waals surface area contributed by atoms with E-state index in [0.717, 1.165) is 12.2 Å². The Morgan fingerprint density at radius 1 is 1.61 bits per heavy atom. The normalized spacial score (nSPS) is 28.2. The molecule has 3 atom stereocenters. The summed E-state index contributed by atoms with van der Waals surface area (Å²) in [7, 11) is 0. The van der Waals surface area contributed by atoms with Gasteiger partial charge < -0.3 is 10.2 Å². The first-order valence-electron chi connectivity index (χ1n) is 5.77. The number of hydrogen-bond donors (Lipinski definition) is 2. The molecule has 18 heavy (non-hydrogen) atoms. The van der Waals surface area contributed by atoms with Crippen LogP contribution in [-0.4, -0.2) is 44.2 Å². The fraction of sp³-hybridized carbons (Fsp3) is 0.636. The standard InChI is InChI=1S/C11H15NO4S2/c1-3-4-17-11-7(10(15)16)12-8(14)6(5(2)13)9(12)18-11/h5-6,9,13H,3-4H2,1-2H3,(H,15,16)/t5-,6+,9+/m0/s1. The van der Waals surface area contributed by atoms with Gasteiger partial charge in [-0.3, -0.25) is 9.69 Å². The first-order valence-corrected chi connectivity index (χ1v) is 7.63. The number of aliphatic carboxylic acids is 1. The third-order valence-corrected chi connectivity index (χ3v) is 5.77. The molecule has 0 saturated carbocycles. The van der Waals surface area contributed by atoms with E-state index in [0.29, 0.717) is 4.24 Å². The minimum Gasteiger partial charge on any atom is -0.477 e. The van der Waals surface area contributed by atoms with Crippen LogP contribution >= 0.6 is 23.5 Å². The Bertz CT molecular complexity index is 421. The molecule has 0 bridgehead atoms. The van der Waals surface area contributed by atoms with Crippen molar-refractivity contribution in [2.75, 3.05) is 5.75 Å². The van der Waals surface area contributed by atoms with Crippen molar-refractivity contribution >= 4 is 35.4 Å². The predicted octanol–water partition coefficient (Wildman–Crippen LogP) is 1.30. The van der Waals surface area contributed by atoms with Crippen molar-refractivity contribution in [3.05, 3.63) is 9.93 Å². The molecular weight excluding hydrogens is 274 g/mol. The van der Waals surface area contributed by atoms with Crippen LogP contribution < -0.4 is 0 Å². The van der Waals surface area contributed by atoms with Gasteiger partial charge in [0.25, 0.3) is 0 Å². The Labute approximate surface area is 114 Å². The zero-order chi connectivity index (χ0) is 13.4. The lowest BCUT2D eigenvalue weighted by molar-refractivity contribution is -0.156. The van der Waals surface area contributed by atoms with E-state index in [1.807, 2.05) is 6.92 Å². The molecule has 2 heterocycles. The molecule has 0 unspecified atom stereocenters. The summed E-state index contributed by atoms with van der Waals surface area (Å²) in [6, 6.07) is 0. The molecule has 0 aromatic rings. The second-order valence-electron chi connectivity index (χ2n) is 4.27. The van der Waals surface area contributed by atoms with Crippen LogP contribution in [0.5, 0.6) is 0 Å². The molecular formula is C11H15NO4S2. The summed E-state index contributed by atoms with van der Waals surface area (Å²) in [5, 5.41) is 18.5. The van der Waals surface area contributed by atoms with E-state index in [-0.39, 0.29) is 17.0 Å². The van der Waals surface area contributed by atoms with Crippen LogP contribution in [0.4, 0.5) is 0 Å². The number of fused-ring (bicyclic) bond motifs is 1. The van der Waals surface area contributed by atoms with E-state index >= 15 is 0 Å². The van der Waals surface area contributed by atoms with Gasteiger partial charge >= 0.3 is 5.97 Å². The molecule has 1 saturated heterocycles. The topological polar surface area (TPSA) is 77.8 Å². The van der Waals surface area contributed by atoms with Gasteiger partial charge in [-0.05, 0) is 19.1 Å². The number of carbonyl (C=O) groups excluding carboxylic acids is 1. The van der Waals surface area contributed by atoms with Crippen LogP contribution in [0.25, 0.3) is 0 Å². The van der Waals surface area contributed by atoms with Crippen LogP contribution in [0.2, 0.25) is 0 Å². The van der Waals surface area contributed by atoms with Crippen molar-refractivity contribution in [2.45, 2.75) is 31.7 Å². The van der Waals surface area contributed by atoms with Crippen molar-refractivity contribution in [2.24, 2.45) is 5.92 Å². The third kappa shape index (κ3) is 2.04. The van der Waals surface area contributed by atoms with Gasteiger partial charge in [0.05, 0.1) is 16.3 Å². The molecule has 0 aromatic carbocycles. The van der Waals surface area contributed by atoms with Crippen LogP contribution in [0.1, 0.15) is 20.3 Å². The largest absolute Gasteiger partial charge is 0.477 e. The van der Waals surface area contributed by atoms with Crippen molar-refractivity contribution in [1.82, 2.24) is 4.90 Å². The van der Waals surface area contributed by atoms with Gasteiger partial charge in [0, 0.05) is 0 Å².